The van der Waals surface area contributed by atoms with Crippen LogP contribution in [-0.2, 0) is 0 Å². The maximum atomic E-state index is 12.4. The normalized spacial score (nSPS) is 10.6. The van der Waals surface area contributed by atoms with Crippen LogP contribution in [0.1, 0.15) is 33.2 Å². The Balaban J connectivity index is 1.71. The van der Waals surface area contributed by atoms with E-state index in [1.165, 1.54) is 36.5 Å². The van der Waals surface area contributed by atoms with E-state index in [9.17, 15) is 19.7 Å². The fourth-order valence-corrected chi connectivity index (χ4v) is 3.17. The Morgan fingerprint density at radius 2 is 1.82 bits per heavy atom. The standard InChI is InChI=1S/C23H18BrN3O6/c1-2-32-21-13-15(14-25-26-22(28)18-5-3-4-6-19(18)24)7-12-20(21)33-23(29)16-8-10-17(11-9-16)27(30)31/h3-14H,2H2,1H3,(H,26,28)/b25-14+. The first-order chi connectivity index (χ1) is 15.9. The summed E-state index contributed by atoms with van der Waals surface area (Å²) in [7, 11) is 0. The zero-order valence-electron chi connectivity index (χ0n) is 17.4. The van der Waals surface area contributed by atoms with Gasteiger partial charge in [0, 0.05) is 16.6 Å². The molecule has 33 heavy (non-hydrogen) atoms. The minimum atomic E-state index is -0.687. The van der Waals surface area contributed by atoms with E-state index in [2.05, 4.69) is 26.5 Å². The summed E-state index contributed by atoms with van der Waals surface area (Å²) >= 11 is 3.31. The van der Waals surface area contributed by atoms with Crippen LogP contribution in [0.25, 0.3) is 0 Å². The van der Waals surface area contributed by atoms with E-state index >= 15 is 0 Å². The number of non-ortho nitro benzene ring substituents is 1. The van der Waals surface area contributed by atoms with Gasteiger partial charge in [-0.05, 0) is 70.9 Å². The van der Waals surface area contributed by atoms with Crippen LogP contribution in [0, 0.1) is 10.1 Å². The smallest absolute Gasteiger partial charge is 0.343 e. The van der Waals surface area contributed by atoms with Crippen molar-refractivity contribution in [3.05, 3.63) is 98.0 Å². The van der Waals surface area contributed by atoms with Gasteiger partial charge in [-0.15, -0.1) is 0 Å². The molecular weight excluding hydrogens is 494 g/mol. The van der Waals surface area contributed by atoms with Gasteiger partial charge in [0.25, 0.3) is 11.6 Å². The lowest BCUT2D eigenvalue weighted by atomic mass is 10.2. The van der Waals surface area contributed by atoms with Gasteiger partial charge in [0.15, 0.2) is 11.5 Å². The molecule has 0 bridgehead atoms. The predicted molar refractivity (Wildman–Crippen MR) is 125 cm³/mol. The van der Waals surface area contributed by atoms with Crippen molar-refractivity contribution >= 4 is 39.7 Å². The highest BCUT2D eigenvalue weighted by atomic mass is 79.9. The highest BCUT2D eigenvalue weighted by Gasteiger charge is 2.15. The second kappa shape index (κ2) is 11.0. The van der Waals surface area contributed by atoms with Crippen LogP contribution in [-0.4, -0.2) is 29.6 Å². The van der Waals surface area contributed by atoms with Crippen LogP contribution in [0.4, 0.5) is 5.69 Å². The highest BCUT2D eigenvalue weighted by Crippen LogP contribution is 2.29. The molecule has 0 aliphatic heterocycles. The van der Waals surface area contributed by atoms with Crippen LogP contribution in [0.15, 0.2) is 76.3 Å². The molecule has 168 valence electrons. The molecule has 3 rings (SSSR count). The number of esters is 1. The molecular formula is C23H18BrN3O6. The molecule has 1 amide bonds. The predicted octanol–water partition coefficient (Wildman–Crippen LogP) is 4.74. The molecule has 10 heteroatoms. The summed E-state index contributed by atoms with van der Waals surface area (Å²) in [5, 5.41) is 14.7. The van der Waals surface area contributed by atoms with Gasteiger partial charge in [0.2, 0.25) is 0 Å². The zero-order chi connectivity index (χ0) is 23.8. The average Bonchev–Trinajstić information content (AvgIpc) is 2.81. The summed E-state index contributed by atoms with van der Waals surface area (Å²) in [6.45, 7) is 2.10. The van der Waals surface area contributed by atoms with Crippen molar-refractivity contribution in [1.82, 2.24) is 5.43 Å². The maximum absolute atomic E-state index is 12.4. The first-order valence-electron chi connectivity index (χ1n) is 9.70. The van der Waals surface area contributed by atoms with Gasteiger partial charge in [-0.25, -0.2) is 10.2 Å². The highest BCUT2D eigenvalue weighted by molar-refractivity contribution is 9.10. The first-order valence-corrected chi connectivity index (χ1v) is 10.5. The molecule has 0 spiro atoms. The summed E-state index contributed by atoms with van der Waals surface area (Å²) in [6, 6.07) is 16.8. The number of amides is 1. The van der Waals surface area contributed by atoms with Crippen molar-refractivity contribution in [3.8, 4) is 11.5 Å². The molecule has 0 aromatic heterocycles. The van der Waals surface area contributed by atoms with Crippen molar-refractivity contribution in [3.63, 3.8) is 0 Å². The Labute approximate surface area is 197 Å². The number of hydrogen-bond acceptors (Lipinski definition) is 7. The van der Waals surface area contributed by atoms with Gasteiger partial charge < -0.3 is 9.47 Å². The number of halogens is 1. The fourth-order valence-electron chi connectivity index (χ4n) is 2.71. The minimum absolute atomic E-state index is 0.128. The third-order valence-electron chi connectivity index (χ3n) is 4.28. The number of carbonyl (C=O) groups is 2. The first kappa shape index (κ1) is 23.6. The Morgan fingerprint density at radius 3 is 2.48 bits per heavy atom. The number of ether oxygens (including phenoxy) is 2. The Hall–Kier alpha value is -4.05. The molecule has 0 atom stereocenters. The molecule has 1 N–H and O–H groups in total. The number of nitrogens with one attached hydrogen (secondary N) is 1. The lowest BCUT2D eigenvalue weighted by Crippen LogP contribution is -2.18. The number of nitrogens with zero attached hydrogens (tertiary/aromatic N) is 2. The third-order valence-corrected chi connectivity index (χ3v) is 4.97. The molecule has 0 saturated carbocycles. The number of rotatable bonds is 8. The molecule has 0 heterocycles. The molecule has 3 aromatic carbocycles. The van der Waals surface area contributed by atoms with Crippen LogP contribution in [0.5, 0.6) is 11.5 Å². The van der Waals surface area contributed by atoms with E-state index in [1.807, 2.05) is 0 Å². The minimum Gasteiger partial charge on any atom is -0.490 e. The Kier molecular flexibility index (Phi) is 7.87. The second-order valence-corrected chi connectivity index (χ2v) is 7.37. The van der Waals surface area contributed by atoms with Crippen molar-refractivity contribution in [2.45, 2.75) is 6.92 Å². The van der Waals surface area contributed by atoms with E-state index in [0.717, 1.165) is 0 Å². The number of hydrazone groups is 1. The van der Waals surface area contributed by atoms with E-state index in [0.29, 0.717) is 28.0 Å². The van der Waals surface area contributed by atoms with E-state index < -0.39 is 10.9 Å². The largest absolute Gasteiger partial charge is 0.490 e. The second-order valence-electron chi connectivity index (χ2n) is 6.51. The van der Waals surface area contributed by atoms with Gasteiger partial charge in [0.05, 0.1) is 28.9 Å². The molecule has 0 saturated heterocycles. The van der Waals surface area contributed by atoms with E-state index in [1.54, 1.807) is 43.3 Å². The summed E-state index contributed by atoms with van der Waals surface area (Å²) in [6.07, 6.45) is 1.43. The number of nitro benzene ring substituents is 1. The molecule has 0 fully saturated rings. The molecule has 0 aliphatic rings. The van der Waals surface area contributed by atoms with Crippen molar-refractivity contribution in [2.75, 3.05) is 6.61 Å². The number of nitro groups is 1. The van der Waals surface area contributed by atoms with Gasteiger partial charge >= 0.3 is 5.97 Å². The van der Waals surface area contributed by atoms with Crippen molar-refractivity contribution < 1.29 is 24.0 Å². The quantitative estimate of drug-likeness (QED) is 0.153. The molecule has 3 aromatic rings. The molecule has 0 unspecified atom stereocenters. The van der Waals surface area contributed by atoms with Gasteiger partial charge in [0.1, 0.15) is 0 Å². The fraction of sp³-hybridized carbons (Fsp3) is 0.0870. The van der Waals surface area contributed by atoms with Crippen molar-refractivity contribution in [1.29, 1.82) is 0 Å². The summed E-state index contributed by atoms with van der Waals surface area (Å²) in [5.74, 6) is -0.589. The monoisotopic (exact) mass is 511 g/mol. The molecule has 0 aliphatic carbocycles. The van der Waals surface area contributed by atoms with Crippen LogP contribution in [0.2, 0.25) is 0 Å². The summed E-state index contributed by atoms with van der Waals surface area (Å²) in [5.41, 5.74) is 3.52. The lowest BCUT2D eigenvalue weighted by Gasteiger charge is -2.11. The number of hydrogen-bond donors (Lipinski definition) is 1. The Bertz CT molecular complexity index is 1210. The van der Waals surface area contributed by atoms with Crippen LogP contribution in [0.3, 0.4) is 0 Å². The lowest BCUT2D eigenvalue weighted by molar-refractivity contribution is -0.384. The number of carbonyl (C=O) groups excluding carboxylic acids is 2. The van der Waals surface area contributed by atoms with Crippen LogP contribution >= 0.6 is 15.9 Å². The topological polar surface area (TPSA) is 120 Å². The Morgan fingerprint density at radius 1 is 1.09 bits per heavy atom. The summed E-state index contributed by atoms with van der Waals surface area (Å²) < 4.78 is 11.6. The SMILES string of the molecule is CCOc1cc(/C=N/NC(=O)c2ccccc2Br)ccc1OC(=O)c1ccc([N+](=O)[O-])cc1. The summed E-state index contributed by atoms with van der Waals surface area (Å²) in [4.78, 5) is 34.8. The van der Waals surface area contributed by atoms with Gasteiger partial charge in [-0.1, -0.05) is 12.1 Å². The van der Waals surface area contributed by atoms with Crippen LogP contribution < -0.4 is 14.9 Å². The van der Waals surface area contributed by atoms with E-state index in [4.69, 9.17) is 9.47 Å². The average molecular weight is 512 g/mol. The van der Waals surface area contributed by atoms with Gasteiger partial charge in [-0.2, -0.15) is 5.10 Å². The van der Waals surface area contributed by atoms with Gasteiger partial charge in [-0.3, -0.25) is 14.9 Å². The maximum Gasteiger partial charge on any atom is 0.343 e. The number of benzene rings is 3. The zero-order valence-corrected chi connectivity index (χ0v) is 18.9. The van der Waals surface area contributed by atoms with Crippen molar-refractivity contribution in [2.24, 2.45) is 5.10 Å². The van der Waals surface area contributed by atoms with E-state index in [-0.39, 0.29) is 22.9 Å². The molecule has 9 nitrogen and oxygen atoms in total. The third kappa shape index (κ3) is 6.23. The molecule has 0 radical (unpaired) electrons.